The fraction of sp³-hybridized carbons (Fsp3) is 0.615. The summed E-state index contributed by atoms with van der Waals surface area (Å²) in [4.78, 5) is 9.95. The van der Waals surface area contributed by atoms with E-state index in [0.717, 1.165) is 12.7 Å². The number of allylic oxidation sites excluding steroid dienone is 4. The van der Waals surface area contributed by atoms with Crippen LogP contribution < -0.4 is 0 Å². The number of unbranched alkanes of at least 4 members (excludes halogenated alkanes) is 6. The minimum atomic E-state index is 0.844. The quantitative estimate of drug-likeness (QED) is 0.234. The largest absolute Gasteiger partial charge is 0.299 e. The van der Waals surface area contributed by atoms with Gasteiger partial charge in [0, 0.05) is 0 Å². The topological polar surface area (TPSA) is 17.1 Å². The zero-order chi connectivity index (χ0) is 10.5. The van der Waals surface area contributed by atoms with Crippen LogP contribution in [0.2, 0.25) is 0 Å². The second-order valence-corrected chi connectivity index (χ2v) is 3.48. The van der Waals surface area contributed by atoms with Gasteiger partial charge in [0.15, 0.2) is 0 Å². The molecule has 80 valence electrons. The fourth-order valence-corrected chi connectivity index (χ4v) is 1.37. The summed E-state index contributed by atoms with van der Waals surface area (Å²) in [7, 11) is 0. The van der Waals surface area contributed by atoms with E-state index in [9.17, 15) is 4.79 Å². The van der Waals surface area contributed by atoms with E-state index >= 15 is 0 Å². The average molecular weight is 194 g/mol. The summed E-state index contributed by atoms with van der Waals surface area (Å²) in [5, 5.41) is 0. The van der Waals surface area contributed by atoms with Crippen LogP contribution in [0.25, 0.3) is 0 Å². The minimum Gasteiger partial charge on any atom is -0.299 e. The van der Waals surface area contributed by atoms with Crippen LogP contribution in [0.5, 0.6) is 0 Å². The van der Waals surface area contributed by atoms with Crippen molar-refractivity contribution in [2.75, 3.05) is 0 Å². The van der Waals surface area contributed by atoms with Crippen LogP contribution in [0.1, 0.15) is 51.9 Å². The van der Waals surface area contributed by atoms with E-state index in [2.05, 4.69) is 19.1 Å². The number of carbonyl (C=O) groups excluding carboxylic acids is 1. The van der Waals surface area contributed by atoms with Crippen molar-refractivity contribution in [1.82, 2.24) is 0 Å². The Morgan fingerprint density at radius 1 is 0.857 bits per heavy atom. The van der Waals surface area contributed by atoms with Gasteiger partial charge in [0.2, 0.25) is 0 Å². The predicted octanol–water partition coefficient (Wildman–Crippen LogP) is 4.05. The van der Waals surface area contributed by atoms with E-state index < -0.39 is 0 Å². The minimum absolute atomic E-state index is 0.844. The summed E-state index contributed by atoms with van der Waals surface area (Å²) < 4.78 is 0. The van der Waals surface area contributed by atoms with Crippen LogP contribution in [0.4, 0.5) is 0 Å². The fourth-order valence-electron chi connectivity index (χ4n) is 1.37. The molecule has 0 aromatic rings. The van der Waals surface area contributed by atoms with Crippen molar-refractivity contribution in [3.8, 4) is 0 Å². The van der Waals surface area contributed by atoms with Crippen LogP contribution in [-0.2, 0) is 4.79 Å². The van der Waals surface area contributed by atoms with Gasteiger partial charge in [0.05, 0.1) is 0 Å². The predicted molar refractivity (Wildman–Crippen MR) is 62.3 cm³/mol. The summed E-state index contributed by atoms with van der Waals surface area (Å²) in [6, 6.07) is 0. The number of aldehydes is 1. The Kier molecular flexibility index (Phi) is 11.4. The Morgan fingerprint density at radius 2 is 1.43 bits per heavy atom. The standard InChI is InChI=1S/C13H22O/c1-2-3-4-5-6-7-8-9-10-11-12-13-14/h2-3,11-13H,4-10H2,1H3. The molecule has 0 aliphatic rings. The van der Waals surface area contributed by atoms with Crippen molar-refractivity contribution in [3.63, 3.8) is 0 Å². The number of carbonyl (C=O) groups is 1. The van der Waals surface area contributed by atoms with E-state index in [-0.39, 0.29) is 0 Å². The van der Waals surface area contributed by atoms with Gasteiger partial charge in [0.25, 0.3) is 0 Å². The van der Waals surface area contributed by atoms with Crippen molar-refractivity contribution in [1.29, 1.82) is 0 Å². The van der Waals surface area contributed by atoms with Gasteiger partial charge in [-0.2, -0.15) is 0 Å². The summed E-state index contributed by atoms with van der Waals surface area (Å²) in [6.45, 7) is 2.07. The second kappa shape index (κ2) is 12.2. The van der Waals surface area contributed by atoms with E-state index in [4.69, 9.17) is 0 Å². The van der Waals surface area contributed by atoms with Crippen LogP contribution in [0, 0.1) is 0 Å². The first kappa shape index (κ1) is 13.2. The molecule has 0 unspecified atom stereocenters. The Labute approximate surface area is 87.9 Å². The third kappa shape index (κ3) is 11.2. The van der Waals surface area contributed by atoms with Crippen LogP contribution in [-0.4, -0.2) is 6.29 Å². The van der Waals surface area contributed by atoms with Gasteiger partial charge >= 0.3 is 0 Å². The molecular formula is C13H22O. The molecule has 0 aromatic carbocycles. The average Bonchev–Trinajstić information content (AvgIpc) is 2.21. The maximum absolute atomic E-state index is 9.95. The lowest BCUT2D eigenvalue weighted by Crippen LogP contribution is -1.78. The molecule has 0 aliphatic heterocycles. The zero-order valence-corrected chi connectivity index (χ0v) is 9.24. The molecule has 0 amide bonds. The Balaban J connectivity index is 2.98. The molecule has 0 rings (SSSR count). The third-order valence-corrected chi connectivity index (χ3v) is 2.19. The van der Waals surface area contributed by atoms with Crippen molar-refractivity contribution < 1.29 is 4.79 Å². The van der Waals surface area contributed by atoms with Crippen molar-refractivity contribution in [2.45, 2.75) is 51.9 Å². The molecule has 0 heterocycles. The van der Waals surface area contributed by atoms with Crippen LogP contribution in [0.3, 0.4) is 0 Å². The normalized spacial score (nSPS) is 11.5. The highest BCUT2D eigenvalue weighted by Gasteiger charge is 1.88. The van der Waals surface area contributed by atoms with Crippen molar-refractivity contribution in [3.05, 3.63) is 24.3 Å². The van der Waals surface area contributed by atoms with Crippen LogP contribution >= 0.6 is 0 Å². The third-order valence-electron chi connectivity index (χ3n) is 2.19. The van der Waals surface area contributed by atoms with Gasteiger partial charge in [-0.1, -0.05) is 37.5 Å². The molecule has 1 heteroatoms. The SMILES string of the molecule is CC=CCCCCCCCC=CC=O. The van der Waals surface area contributed by atoms with Gasteiger partial charge in [-0.25, -0.2) is 0 Å². The Morgan fingerprint density at radius 3 is 2.00 bits per heavy atom. The van der Waals surface area contributed by atoms with Gasteiger partial charge < -0.3 is 0 Å². The summed E-state index contributed by atoms with van der Waals surface area (Å²) in [6.07, 6.45) is 17.5. The molecule has 0 saturated carbocycles. The lowest BCUT2D eigenvalue weighted by molar-refractivity contribution is -0.104. The van der Waals surface area contributed by atoms with Gasteiger partial charge in [-0.15, -0.1) is 0 Å². The highest BCUT2D eigenvalue weighted by molar-refractivity contribution is 5.64. The molecule has 0 aliphatic carbocycles. The molecule has 1 nitrogen and oxygen atoms in total. The smallest absolute Gasteiger partial charge is 0.142 e. The Hall–Kier alpha value is -0.850. The first-order chi connectivity index (χ1) is 6.91. The summed E-state index contributed by atoms with van der Waals surface area (Å²) >= 11 is 0. The highest BCUT2D eigenvalue weighted by atomic mass is 16.1. The maximum Gasteiger partial charge on any atom is 0.142 e. The number of hydrogen-bond acceptors (Lipinski definition) is 1. The van der Waals surface area contributed by atoms with Crippen LogP contribution in [0.15, 0.2) is 24.3 Å². The molecule has 14 heavy (non-hydrogen) atoms. The van der Waals surface area contributed by atoms with E-state index in [0.29, 0.717) is 0 Å². The van der Waals surface area contributed by atoms with Crippen molar-refractivity contribution >= 4 is 6.29 Å². The lowest BCUT2D eigenvalue weighted by atomic mass is 10.1. The summed E-state index contributed by atoms with van der Waals surface area (Å²) in [5.74, 6) is 0. The van der Waals surface area contributed by atoms with Gasteiger partial charge in [0.1, 0.15) is 6.29 Å². The molecule has 0 N–H and O–H groups in total. The second-order valence-electron chi connectivity index (χ2n) is 3.48. The highest BCUT2D eigenvalue weighted by Crippen LogP contribution is 2.07. The molecule has 0 aromatic heterocycles. The molecule has 0 spiro atoms. The Bertz CT molecular complexity index is 168. The van der Waals surface area contributed by atoms with E-state index in [1.54, 1.807) is 6.08 Å². The summed E-state index contributed by atoms with van der Waals surface area (Å²) in [5.41, 5.74) is 0. The first-order valence-corrected chi connectivity index (χ1v) is 5.63. The molecule has 0 bridgehead atoms. The first-order valence-electron chi connectivity index (χ1n) is 5.63. The molecule has 0 atom stereocenters. The molecule has 0 fully saturated rings. The van der Waals surface area contributed by atoms with Crippen molar-refractivity contribution in [2.24, 2.45) is 0 Å². The lowest BCUT2D eigenvalue weighted by Gasteiger charge is -1.97. The number of rotatable bonds is 9. The van der Waals surface area contributed by atoms with Gasteiger partial charge in [-0.3, -0.25) is 4.79 Å². The molecule has 0 radical (unpaired) electrons. The number of hydrogen-bond donors (Lipinski definition) is 0. The van der Waals surface area contributed by atoms with E-state index in [1.165, 1.54) is 38.5 Å². The maximum atomic E-state index is 9.95. The zero-order valence-electron chi connectivity index (χ0n) is 9.24. The van der Waals surface area contributed by atoms with E-state index in [1.807, 2.05) is 6.08 Å². The molecule has 0 saturated heterocycles. The molecular weight excluding hydrogens is 172 g/mol. The monoisotopic (exact) mass is 194 g/mol. The van der Waals surface area contributed by atoms with Gasteiger partial charge in [-0.05, 0) is 38.7 Å².